The molecule has 0 aromatic rings. The lowest BCUT2D eigenvalue weighted by Gasteiger charge is -2.15. The Morgan fingerprint density at radius 3 is 1.93 bits per heavy atom. The summed E-state index contributed by atoms with van der Waals surface area (Å²) in [7, 11) is -4.12. The van der Waals surface area contributed by atoms with Crippen LogP contribution < -0.4 is 5.73 Å². The van der Waals surface area contributed by atoms with Crippen molar-refractivity contribution in [1.29, 1.82) is 0 Å². The Morgan fingerprint density at radius 2 is 1.80 bits per heavy atom. The molecule has 1 rings (SSSR count). The molecule has 0 atom stereocenters. The zero-order valence-corrected chi connectivity index (χ0v) is 10.9. The summed E-state index contributed by atoms with van der Waals surface area (Å²) >= 11 is 2.38. The molecule has 90 valence electrons. The van der Waals surface area contributed by atoms with Gasteiger partial charge in [0, 0.05) is 6.04 Å². The molecule has 1 aliphatic carbocycles. The maximum absolute atomic E-state index is 9.89. The molecule has 15 heavy (non-hydrogen) atoms. The number of hydrogen-bond donors (Lipinski definition) is 3. The third kappa shape index (κ3) is 12.2. The average Bonchev–Trinajstić information content (AvgIpc) is 2.01. The second-order valence-corrected chi connectivity index (χ2v) is 6.11. The minimum atomic E-state index is -4.12. The first-order valence-electron chi connectivity index (χ1n) is 4.80. The largest absolute Gasteiger partial charge is 0.333 e. The van der Waals surface area contributed by atoms with E-state index in [1.54, 1.807) is 0 Å². The van der Waals surface area contributed by atoms with E-state index in [0.29, 0.717) is 6.04 Å². The van der Waals surface area contributed by atoms with E-state index < -0.39 is 18.5 Å². The highest BCUT2D eigenvalue weighted by Crippen LogP contribution is 2.34. The van der Waals surface area contributed by atoms with Gasteiger partial charge < -0.3 is 15.5 Å². The van der Waals surface area contributed by atoms with E-state index in [0.717, 1.165) is 0 Å². The number of carbonyl (C=O) groups excluding carboxylic acids is 1. The molecule has 7 heteroatoms. The Balaban J connectivity index is 0.000000262. The summed E-state index contributed by atoms with van der Waals surface area (Å²) < 4.78 is 9.21. The van der Waals surface area contributed by atoms with Gasteiger partial charge in [-0.1, -0.05) is 19.3 Å². The van der Waals surface area contributed by atoms with Gasteiger partial charge in [-0.25, -0.2) is 0 Å². The third-order valence-corrected chi connectivity index (χ3v) is 3.39. The van der Waals surface area contributed by atoms with Gasteiger partial charge in [-0.15, -0.1) is 0 Å². The molecule has 0 aromatic carbocycles. The van der Waals surface area contributed by atoms with Crippen LogP contribution in [0, 0.1) is 0 Å². The summed E-state index contributed by atoms with van der Waals surface area (Å²) in [6.45, 7) is 0. The third-order valence-electron chi connectivity index (χ3n) is 1.98. The quantitative estimate of drug-likeness (QED) is 0.528. The van der Waals surface area contributed by atoms with Gasteiger partial charge in [0.2, 0.25) is 4.69 Å². The Labute approximate surface area is 97.7 Å². The molecule has 0 radical (unpaired) electrons. The highest BCUT2D eigenvalue weighted by molar-refractivity contribution is 9.18. The minimum Gasteiger partial charge on any atom is -0.328 e. The average molecular weight is 302 g/mol. The Hall–Kier alpha value is 0.260. The van der Waals surface area contributed by atoms with E-state index in [4.69, 9.17) is 15.5 Å². The molecule has 0 spiro atoms. The molecular weight excluding hydrogens is 285 g/mol. The predicted molar refractivity (Wildman–Crippen MR) is 61.9 cm³/mol. The van der Waals surface area contributed by atoms with Gasteiger partial charge >= 0.3 is 7.60 Å². The number of rotatable bonds is 2. The van der Waals surface area contributed by atoms with Crippen molar-refractivity contribution in [3.05, 3.63) is 0 Å². The number of hydrogen-bond acceptors (Lipinski definition) is 3. The van der Waals surface area contributed by atoms with E-state index in [1.165, 1.54) is 32.1 Å². The molecule has 0 unspecified atom stereocenters. The molecule has 0 bridgehead atoms. The summed E-state index contributed by atoms with van der Waals surface area (Å²) in [6.07, 6.45) is 5.93. The van der Waals surface area contributed by atoms with E-state index in [-0.39, 0.29) is 0 Å². The SMILES string of the molecule is NC1CCCCC1.O=C(Br)CP(=O)(O)O. The fraction of sp³-hybridized carbons (Fsp3) is 0.875. The van der Waals surface area contributed by atoms with Gasteiger partial charge in [0.1, 0.15) is 6.16 Å². The summed E-state index contributed by atoms with van der Waals surface area (Å²) in [5.41, 5.74) is 5.63. The van der Waals surface area contributed by atoms with E-state index in [9.17, 15) is 9.36 Å². The zero-order valence-electron chi connectivity index (χ0n) is 8.43. The molecule has 0 aromatic heterocycles. The Morgan fingerprint density at radius 1 is 1.33 bits per heavy atom. The van der Waals surface area contributed by atoms with Gasteiger partial charge in [-0.05, 0) is 28.8 Å². The van der Waals surface area contributed by atoms with Gasteiger partial charge in [0.15, 0.2) is 0 Å². The first kappa shape index (κ1) is 15.3. The molecule has 0 amide bonds. The molecule has 0 saturated heterocycles. The fourth-order valence-electron chi connectivity index (χ4n) is 1.30. The van der Waals surface area contributed by atoms with E-state index >= 15 is 0 Å². The van der Waals surface area contributed by atoms with Crippen molar-refractivity contribution in [1.82, 2.24) is 0 Å². The van der Waals surface area contributed by atoms with Crippen LogP contribution in [0.4, 0.5) is 0 Å². The first-order chi connectivity index (χ1) is 6.81. The highest BCUT2D eigenvalue weighted by atomic mass is 79.9. The van der Waals surface area contributed by atoms with Crippen LogP contribution >= 0.6 is 23.5 Å². The molecule has 1 aliphatic rings. The highest BCUT2D eigenvalue weighted by Gasteiger charge is 2.15. The van der Waals surface area contributed by atoms with Crippen LogP contribution in [0.2, 0.25) is 0 Å². The normalized spacial score (nSPS) is 17.9. The van der Waals surface area contributed by atoms with Crippen molar-refractivity contribution in [2.75, 3.05) is 6.16 Å². The van der Waals surface area contributed by atoms with Crippen molar-refractivity contribution >= 4 is 28.2 Å². The number of carbonyl (C=O) groups is 1. The number of halogens is 1. The second kappa shape index (κ2) is 7.52. The van der Waals surface area contributed by atoms with Gasteiger partial charge in [0.05, 0.1) is 0 Å². The maximum Gasteiger partial charge on any atom is 0.333 e. The van der Waals surface area contributed by atoms with Crippen LogP contribution in [0.3, 0.4) is 0 Å². The molecule has 0 heterocycles. The van der Waals surface area contributed by atoms with Crippen molar-refractivity contribution in [2.45, 2.75) is 38.1 Å². The van der Waals surface area contributed by atoms with Crippen LogP contribution in [-0.4, -0.2) is 26.7 Å². The molecule has 5 nitrogen and oxygen atoms in total. The first-order valence-corrected chi connectivity index (χ1v) is 7.39. The van der Waals surface area contributed by atoms with Gasteiger partial charge in [-0.3, -0.25) is 9.36 Å². The lowest BCUT2D eigenvalue weighted by molar-refractivity contribution is -0.108. The molecule has 1 fully saturated rings. The monoisotopic (exact) mass is 301 g/mol. The summed E-state index contributed by atoms with van der Waals surface area (Å²) in [6, 6.07) is 0.536. The van der Waals surface area contributed by atoms with Crippen molar-refractivity contribution in [2.24, 2.45) is 5.73 Å². The summed E-state index contributed by atoms with van der Waals surface area (Å²) in [5.74, 6) is 0. The van der Waals surface area contributed by atoms with Crippen LogP contribution in [0.5, 0.6) is 0 Å². The topological polar surface area (TPSA) is 101 Å². The van der Waals surface area contributed by atoms with Crippen molar-refractivity contribution < 1.29 is 19.1 Å². The fourth-order valence-corrected chi connectivity index (χ4v) is 2.60. The van der Waals surface area contributed by atoms with Crippen LogP contribution in [-0.2, 0) is 9.36 Å². The molecular formula is C8H17BrNO4P. The Bertz CT molecular complexity index is 237. The van der Waals surface area contributed by atoms with Crippen molar-refractivity contribution in [3.63, 3.8) is 0 Å². The second-order valence-electron chi connectivity index (χ2n) is 3.58. The van der Waals surface area contributed by atoms with Crippen LogP contribution in [0.15, 0.2) is 0 Å². The maximum atomic E-state index is 9.89. The van der Waals surface area contributed by atoms with Crippen molar-refractivity contribution in [3.8, 4) is 0 Å². The van der Waals surface area contributed by atoms with Gasteiger partial charge in [0.25, 0.3) is 0 Å². The van der Waals surface area contributed by atoms with Crippen LogP contribution in [0.25, 0.3) is 0 Å². The lowest BCUT2D eigenvalue weighted by atomic mass is 9.97. The summed E-state index contributed by atoms with van der Waals surface area (Å²) in [4.78, 5) is 26.0. The van der Waals surface area contributed by atoms with E-state index in [2.05, 4.69) is 15.9 Å². The van der Waals surface area contributed by atoms with E-state index in [1.807, 2.05) is 0 Å². The Kier molecular flexibility index (Phi) is 7.65. The van der Waals surface area contributed by atoms with Crippen LogP contribution in [0.1, 0.15) is 32.1 Å². The standard InChI is InChI=1S/C6H13N.C2H4BrO4P/c7-6-4-2-1-3-5-6;3-2(4)1-8(5,6)7/h6H,1-5,7H2;1H2,(H2,5,6,7). The predicted octanol–water partition coefficient (Wildman–Crippen LogP) is 1.36. The number of nitrogens with two attached hydrogens (primary N) is 1. The molecule has 4 N–H and O–H groups in total. The van der Waals surface area contributed by atoms with Gasteiger partial charge in [-0.2, -0.15) is 0 Å². The molecule has 1 saturated carbocycles. The summed E-state index contributed by atoms with van der Waals surface area (Å²) in [5, 5.41) is 0. The minimum absolute atomic E-state index is 0.536. The molecule has 0 aliphatic heterocycles. The lowest BCUT2D eigenvalue weighted by Crippen LogP contribution is -2.22. The zero-order chi connectivity index (χ0) is 11.9. The smallest absolute Gasteiger partial charge is 0.328 e.